The van der Waals surface area contributed by atoms with Gasteiger partial charge in [0.15, 0.2) is 0 Å². The van der Waals surface area contributed by atoms with Crippen LogP contribution in [0.15, 0.2) is 90.3 Å². The highest BCUT2D eigenvalue weighted by molar-refractivity contribution is 7.92. The van der Waals surface area contributed by atoms with Gasteiger partial charge in [0.05, 0.1) is 12.0 Å². The van der Waals surface area contributed by atoms with Gasteiger partial charge in [-0.3, -0.25) is 9.52 Å². The Hall–Kier alpha value is -3.65. The Balaban J connectivity index is 1.76. The van der Waals surface area contributed by atoms with Crippen LogP contribution in [0.2, 0.25) is 0 Å². The molecule has 32 heavy (non-hydrogen) atoms. The number of amides is 1. The lowest BCUT2D eigenvalue weighted by atomic mass is 10.1. The molecule has 0 atom stereocenters. The van der Waals surface area contributed by atoms with E-state index in [2.05, 4.69) is 11.3 Å². The second kappa shape index (κ2) is 10.1. The van der Waals surface area contributed by atoms with E-state index in [0.717, 1.165) is 0 Å². The smallest absolute Gasteiger partial charge is 0.261 e. The molecule has 0 aromatic heterocycles. The van der Waals surface area contributed by atoms with Gasteiger partial charge < -0.3 is 9.64 Å². The lowest BCUT2D eigenvalue weighted by Gasteiger charge is -2.22. The fourth-order valence-corrected chi connectivity index (χ4v) is 4.10. The largest absolute Gasteiger partial charge is 0.497 e. The van der Waals surface area contributed by atoms with Gasteiger partial charge in [0.25, 0.3) is 15.9 Å². The van der Waals surface area contributed by atoms with Crippen molar-refractivity contribution in [3.05, 3.63) is 102 Å². The van der Waals surface area contributed by atoms with Gasteiger partial charge >= 0.3 is 0 Å². The Bertz CT molecular complexity index is 1190. The maximum absolute atomic E-state index is 14.0. The molecule has 8 heteroatoms. The SMILES string of the molecule is C=CCN(Cc1ccccc1F)C(=O)c1ccc(S(=O)(=O)Nc2ccc(OC)cc2)cc1. The molecule has 0 heterocycles. The third-order valence-electron chi connectivity index (χ3n) is 4.71. The first-order chi connectivity index (χ1) is 15.3. The summed E-state index contributed by atoms with van der Waals surface area (Å²) >= 11 is 0. The number of nitrogens with one attached hydrogen (secondary N) is 1. The van der Waals surface area contributed by atoms with E-state index in [-0.39, 0.29) is 29.5 Å². The Labute approximate surface area is 187 Å². The Kier molecular flexibility index (Phi) is 7.27. The number of rotatable bonds is 9. The monoisotopic (exact) mass is 454 g/mol. The molecule has 1 amide bonds. The van der Waals surface area contributed by atoms with Crippen LogP contribution in [-0.4, -0.2) is 32.9 Å². The van der Waals surface area contributed by atoms with Crippen LogP contribution in [0.3, 0.4) is 0 Å². The Morgan fingerprint density at radius 1 is 1.06 bits per heavy atom. The van der Waals surface area contributed by atoms with E-state index in [4.69, 9.17) is 4.74 Å². The summed E-state index contributed by atoms with van der Waals surface area (Å²) in [7, 11) is -2.32. The minimum atomic E-state index is -3.84. The highest BCUT2D eigenvalue weighted by atomic mass is 32.2. The van der Waals surface area contributed by atoms with Gasteiger partial charge in [-0.2, -0.15) is 0 Å². The lowest BCUT2D eigenvalue weighted by molar-refractivity contribution is 0.0761. The van der Waals surface area contributed by atoms with Gasteiger partial charge in [-0.1, -0.05) is 24.3 Å². The molecule has 166 valence electrons. The van der Waals surface area contributed by atoms with Crippen LogP contribution in [0.1, 0.15) is 15.9 Å². The molecule has 0 spiro atoms. The second-order valence-electron chi connectivity index (χ2n) is 6.92. The molecule has 0 aliphatic heterocycles. The van der Waals surface area contributed by atoms with Crippen molar-refractivity contribution in [3.8, 4) is 5.75 Å². The van der Waals surface area contributed by atoms with Crippen molar-refractivity contribution in [2.75, 3.05) is 18.4 Å². The Morgan fingerprint density at radius 3 is 2.31 bits per heavy atom. The van der Waals surface area contributed by atoms with Gasteiger partial charge in [0.2, 0.25) is 0 Å². The van der Waals surface area contributed by atoms with Crippen molar-refractivity contribution in [1.29, 1.82) is 0 Å². The maximum atomic E-state index is 14.0. The van der Waals surface area contributed by atoms with Crippen molar-refractivity contribution in [2.24, 2.45) is 0 Å². The highest BCUT2D eigenvalue weighted by Crippen LogP contribution is 2.20. The predicted octanol–water partition coefficient (Wildman–Crippen LogP) is 4.46. The van der Waals surface area contributed by atoms with E-state index >= 15 is 0 Å². The standard InChI is InChI=1S/C24H23FN2O4S/c1-3-16-27(17-19-6-4-5-7-23(19)25)24(28)18-8-14-22(15-9-18)32(29,30)26-20-10-12-21(31-2)13-11-20/h3-15,26H,1,16-17H2,2H3. The molecule has 0 saturated carbocycles. The molecule has 3 aromatic carbocycles. The number of methoxy groups -OCH3 is 1. The molecular weight excluding hydrogens is 431 g/mol. The van der Waals surface area contributed by atoms with Crippen LogP contribution in [0.4, 0.5) is 10.1 Å². The summed E-state index contributed by atoms with van der Waals surface area (Å²) in [6.45, 7) is 3.94. The third kappa shape index (κ3) is 5.53. The highest BCUT2D eigenvalue weighted by Gasteiger charge is 2.19. The molecule has 1 N–H and O–H groups in total. The van der Waals surface area contributed by atoms with Crippen LogP contribution >= 0.6 is 0 Å². The zero-order valence-electron chi connectivity index (χ0n) is 17.5. The van der Waals surface area contributed by atoms with Crippen molar-refractivity contribution < 1.29 is 22.3 Å². The summed E-state index contributed by atoms with van der Waals surface area (Å²) in [6, 6.07) is 18.3. The van der Waals surface area contributed by atoms with Crippen LogP contribution in [0, 0.1) is 5.82 Å². The molecule has 3 rings (SSSR count). The number of benzene rings is 3. The molecule has 6 nitrogen and oxygen atoms in total. The number of nitrogens with zero attached hydrogens (tertiary/aromatic N) is 1. The van der Waals surface area contributed by atoms with Crippen LogP contribution in [-0.2, 0) is 16.6 Å². The normalized spacial score (nSPS) is 10.9. The van der Waals surface area contributed by atoms with Crippen LogP contribution in [0.5, 0.6) is 5.75 Å². The summed E-state index contributed by atoms with van der Waals surface area (Å²) in [6.07, 6.45) is 1.55. The molecule has 3 aromatic rings. The molecule has 0 unspecified atom stereocenters. The molecule has 0 bridgehead atoms. The lowest BCUT2D eigenvalue weighted by Crippen LogP contribution is -2.31. The van der Waals surface area contributed by atoms with E-state index in [9.17, 15) is 17.6 Å². The van der Waals surface area contributed by atoms with Crippen molar-refractivity contribution in [3.63, 3.8) is 0 Å². The van der Waals surface area contributed by atoms with Crippen molar-refractivity contribution in [2.45, 2.75) is 11.4 Å². The summed E-state index contributed by atoms with van der Waals surface area (Å²) in [5.41, 5.74) is 1.05. The minimum absolute atomic E-state index is 0.00856. The second-order valence-corrected chi connectivity index (χ2v) is 8.61. The molecule has 0 aliphatic carbocycles. The summed E-state index contributed by atoms with van der Waals surface area (Å²) in [4.78, 5) is 14.4. The first-order valence-electron chi connectivity index (χ1n) is 9.74. The van der Waals surface area contributed by atoms with Crippen LogP contribution in [0.25, 0.3) is 0 Å². The number of ether oxygens (including phenoxy) is 1. The number of hydrogen-bond donors (Lipinski definition) is 1. The van der Waals surface area contributed by atoms with Gasteiger partial charge in [-0.25, -0.2) is 12.8 Å². The van der Waals surface area contributed by atoms with Crippen molar-refractivity contribution >= 4 is 21.6 Å². The molecule has 0 radical (unpaired) electrons. The summed E-state index contributed by atoms with van der Waals surface area (Å²) < 4.78 is 46.9. The minimum Gasteiger partial charge on any atom is -0.497 e. The zero-order chi connectivity index (χ0) is 23.1. The Morgan fingerprint density at radius 2 is 1.72 bits per heavy atom. The first-order valence-corrected chi connectivity index (χ1v) is 11.2. The van der Waals surface area contributed by atoms with Gasteiger partial charge in [0.1, 0.15) is 11.6 Å². The number of carbonyl (C=O) groups excluding carboxylic acids is 1. The van der Waals surface area contributed by atoms with E-state index in [1.54, 1.807) is 48.5 Å². The van der Waals surface area contributed by atoms with E-state index < -0.39 is 15.8 Å². The average molecular weight is 455 g/mol. The zero-order valence-corrected chi connectivity index (χ0v) is 18.3. The van der Waals surface area contributed by atoms with Gasteiger partial charge in [0, 0.05) is 29.9 Å². The number of anilines is 1. The number of sulfonamides is 1. The maximum Gasteiger partial charge on any atom is 0.261 e. The molecule has 0 saturated heterocycles. The van der Waals surface area contributed by atoms with Crippen LogP contribution < -0.4 is 9.46 Å². The summed E-state index contributed by atoms with van der Waals surface area (Å²) in [5.74, 6) is -0.157. The van der Waals surface area contributed by atoms with E-state index in [1.807, 2.05) is 0 Å². The average Bonchev–Trinajstić information content (AvgIpc) is 2.80. The third-order valence-corrected chi connectivity index (χ3v) is 6.11. The number of halogens is 1. The topological polar surface area (TPSA) is 75.7 Å². The molecule has 0 aliphatic rings. The van der Waals surface area contributed by atoms with Gasteiger partial charge in [-0.15, -0.1) is 6.58 Å². The summed E-state index contributed by atoms with van der Waals surface area (Å²) in [5, 5.41) is 0. The molecular formula is C24H23FN2O4S. The predicted molar refractivity (Wildman–Crippen MR) is 122 cm³/mol. The van der Waals surface area contributed by atoms with Gasteiger partial charge in [-0.05, 0) is 54.6 Å². The number of carbonyl (C=O) groups is 1. The van der Waals surface area contributed by atoms with E-state index in [1.165, 1.54) is 42.3 Å². The van der Waals surface area contributed by atoms with E-state index in [0.29, 0.717) is 17.0 Å². The fraction of sp³-hybridized carbons (Fsp3) is 0.125. The fourth-order valence-electron chi connectivity index (χ4n) is 3.04. The first kappa shape index (κ1) is 23.0. The quantitative estimate of drug-likeness (QED) is 0.484. The molecule has 0 fully saturated rings. The number of hydrogen-bond acceptors (Lipinski definition) is 4. The van der Waals surface area contributed by atoms with Crippen molar-refractivity contribution in [1.82, 2.24) is 4.90 Å².